The van der Waals surface area contributed by atoms with E-state index in [1.807, 2.05) is 28.5 Å². The minimum absolute atomic E-state index is 0.0448. The number of nitrogens with zero attached hydrogens (tertiary/aromatic N) is 2. The maximum absolute atomic E-state index is 12.6. The van der Waals surface area contributed by atoms with Crippen LogP contribution in [-0.4, -0.2) is 46.2 Å². The van der Waals surface area contributed by atoms with Crippen LogP contribution in [0.15, 0.2) is 23.6 Å². The van der Waals surface area contributed by atoms with Crippen LogP contribution >= 0.6 is 11.3 Å². The summed E-state index contributed by atoms with van der Waals surface area (Å²) >= 11 is 1.64. The lowest BCUT2D eigenvalue weighted by atomic mass is 10.1. The maximum Gasteiger partial charge on any atom is 0.274 e. The van der Waals surface area contributed by atoms with Gasteiger partial charge in [-0.3, -0.25) is 9.89 Å². The van der Waals surface area contributed by atoms with Gasteiger partial charge in [-0.15, -0.1) is 11.3 Å². The van der Waals surface area contributed by atoms with E-state index in [-0.39, 0.29) is 5.91 Å². The smallest absolute Gasteiger partial charge is 0.274 e. The van der Waals surface area contributed by atoms with Gasteiger partial charge in [0, 0.05) is 25.2 Å². The second-order valence-electron chi connectivity index (χ2n) is 5.82. The third-order valence-electron chi connectivity index (χ3n) is 4.39. The highest BCUT2D eigenvalue weighted by Crippen LogP contribution is 2.25. The first kappa shape index (κ1) is 13.0. The van der Waals surface area contributed by atoms with Crippen molar-refractivity contribution in [2.24, 2.45) is 0 Å². The number of thiophene rings is 1. The van der Waals surface area contributed by atoms with Crippen LogP contribution < -0.4 is 5.32 Å². The van der Waals surface area contributed by atoms with Gasteiger partial charge >= 0.3 is 0 Å². The van der Waals surface area contributed by atoms with E-state index in [0.717, 1.165) is 30.1 Å². The fraction of sp³-hybridized carbons (Fsp3) is 0.467. The number of hydrogen-bond donors (Lipinski definition) is 2. The summed E-state index contributed by atoms with van der Waals surface area (Å²) in [6.45, 7) is 1.63. The molecule has 4 rings (SSSR count). The molecule has 2 fully saturated rings. The molecule has 0 spiro atoms. The number of likely N-dealkylation sites (tertiary alicyclic amines) is 1. The number of amides is 1. The summed E-state index contributed by atoms with van der Waals surface area (Å²) in [5.74, 6) is 0.0448. The molecule has 5 nitrogen and oxygen atoms in total. The van der Waals surface area contributed by atoms with Gasteiger partial charge in [-0.2, -0.15) is 5.10 Å². The quantitative estimate of drug-likeness (QED) is 0.893. The minimum Gasteiger partial charge on any atom is -0.336 e. The standard InChI is InChI=1S/C15H18N4OS/c20-15(19-6-5-10-3-4-11(9-19)16-10)13-8-12(17-18-13)14-2-1-7-21-14/h1-2,7-8,10-11,16H,3-6,9H2,(H,17,18). The molecule has 2 saturated heterocycles. The molecule has 6 heteroatoms. The highest BCUT2D eigenvalue weighted by molar-refractivity contribution is 7.13. The zero-order valence-corrected chi connectivity index (χ0v) is 12.5. The minimum atomic E-state index is 0.0448. The molecular weight excluding hydrogens is 284 g/mol. The number of rotatable bonds is 2. The van der Waals surface area contributed by atoms with Gasteiger partial charge in [-0.05, 0) is 36.8 Å². The van der Waals surface area contributed by atoms with Crippen LogP contribution in [0.1, 0.15) is 29.8 Å². The second kappa shape index (κ2) is 5.27. The Morgan fingerprint density at radius 1 is 1.33 bits per heavy atom. The van der Waals surface area contributed by atoms with Gasteiger partial charge in [0.05, 0.1) is 10.6 Å². The van der Waals surface area contributed by atoms with Crippen molar-refractivity contribution in [3.05, 3.63) is 29.3 Å². The van der Waals surface area contributed by atoms with Crippen LogP contribution in [0.3, 0.4) is 0 Å². The molecule has 0 aromatic carbocycles. The van der Waals surface area contributed by atoms with Crippen LogP contribution in [0.5, 0.6) is 0 Å². The molecule has 2 unspecified atom stereocenters. The molecule has 0 saturated carbocycles. The summed E-state index contributed by atoms with van der Waals surface area (Å²) in [6, 6.07) is 6.94. The number of hydrogen-bond acceptors (Lipinski definition) is 4. The molecule has 2 aromatic heterocycles. The fourth-order valence-corrected chi connectivity index (χ4v) is 3.97. The average Bonchev–Trinajstić information content (AvgIpc) is 3.17. The SMILES string of the molecule is O=C(c1cc(-c2cccs2)[nH]n1)N1CCC2CCC(C1)N2. The van der Waals surface area contributed by atoms with Gasteiger partial charge in [0.25, 0.3) is 5.91 Å². The van der Waals surface area contributed by atoms with Crippen LogP contribution in [0.4, 0.5) is 0 Å². The first-order valence-corrected chi connectivity index (χ1v) is 8.32. The van der Waals surface area contributed by atoms with E-state index in [2.05, 4.69) is 15.5 Å². The van der Waals surface area contributed by atoms with Crippen LogP contribution in [0, 0.1) is 0 Å². The Bertz CT molecular complexity index is 636. The third kappa shape index (κ3) is 2.49. The number of H-pyrrole nitrogens is 1. The van der Waals surface area contributed by atoms with Crippen molar-refractivity contribution in [3.8, 4) is 10.6 Å². The lowest BCUT2D eigenvalue weighted by Crippen LogP contribution is -2.39. The monoisotopic (exact) mass is 302 g/mol. The first-order chi connectivity index (χ1) is 10.3. The fourth-order valence-electron chi connectivity index (χ4n) is 3.28. The van der Waals surface area contributed by atoms with Crippen LogP contribution in [0.25, 0.3) is 10.6 Å². The van der Waals surface area contributed by atoms with Crippen molar-refractivity contribution in [1.82, 2.24) is 20.4 Å². The van der Waals surface area contributed by atoms with Crippen molar-refractivity contribution >= 4 is 17.2 Å². The van der Waals surface area contributed by atoms with E-state index in [4.69, 9.17) is 0 Å². The van der Waals surface area contributed by atoms with Crippen molar-refractivity contribution in [3.63, 3.8) is 0 Å². The normalized spacial score (nSPS) is 25.0. The summed E-state index contributed by atoms with van der Waals surface area (Å²) < 4.78 is 0. The van der Waals surface area contributed by atoms with E-state index in [1.165, 1.54) is 12.8 Å². The molecule has 2 aliphatic rings. The number of carbonyl (C=O) groups excluding carboxylic acids is 1. The molecule has 2 aromatic rings. The predicted molar refractivity (Wildman–Crippen MR) is 82.4 cm³/mol. The zero-order chi connectivity index (χ0) is 14.2. The molecular formula is C15H18N4OS. The Balaban J connectivity index is 1.52. The number of nitrogens with one attached hydrogen (secondary N) is 2. The average molecular weight is 302 g/mol. The molecule has 21 heavy (non-hydrogen) atoms. The van der Waals surface area contributed by atoms with Crippen molar-refractivity contribution in [2.45, 2.75) is 31.3 Å². The highest BCUT2D eigenvalue weighted by Gasteiger charge is 2.32. The predicted octanol–water partition coefficient (Wildman–Crippen LogP) is 2.10. The number of aromatic nitrogens is 2. The van der Waals surface area contributed by atoms with Gasteiger partial charge in [0.1, 0.15) is 0 Å². The van der Waals surface area contributed by atoms with Gasteiger partial charge in [-0.25, -0.2) is 0 Å². The zero-order valence-electron chi connectivity index (χ0n) is 11.7. The summed E-state index contributed by atoms with van der Waals surface area (Å²) in [4.78, 5) is 15.7. The van der Waals surface area contributed by atoms with Gasteiger partial charge < -0.3 is 10.2 Å². The van der Waals surface area contributed by atoms with Gasteiger partial charge in [0.15, 0.2) is 5.69 Å². The number of carbonyl (C=O) groups is 1. The van der Waals surface area contributed by atoms with Crippen LogP contribution in [0.2, 0.25) is 0 Å². The number of fused-ring (bicyclic) bond motifs is 2. The molecule has 2 atom stereocenters. The Labute approximate surface area is 127 Å². The Kier molecular flexibility index (Phi) is 3.27. The van der Waals surface area contributed by atoms with Crippen LogP contribution in [-0.2, 0) is 0 Å². The van der Waals surface area contributed by atoms with E-state index in [9.17, 15) is 4.79 Å². The Hall–Kier alpha value is -1.66. The summed E-state index contributed by atoms with van der Waals surface area (Å²) in [5, 5.41) is 12.8. The molecule has 110 valence electrons. The second-order valence-corrected chi connectivity index (χ2v) is 6.77. The summed E-state index contributed by atoms with van der Waals surface area (Å²) in [5.41, 5.74) is 1.44. The molecule has 0 radical (unpaired) electrons. The first-order valence-electron chi connectivity index (χ1n) is 7.44. The molecule has 2 N–H and O–H groups in total. The lowest BCUT2D eigenvalue weighted by molar-refractivity contribution is 0.0742. The largest absolute Gasteiger partial charge is 0.336 e. The molecule has 2 aliphatic heterocycles. The van der Waals surface area contributed by atoms with E-state index >= 15 is 0 Å². The van der Waals surface area contributed by atoms with Crippen molar-refractivity contribution < 1.29 is 4.79 Å². The Morgan fingerprint density at radius 3 is 3.10 bits per heavy atom. The van der Waals surface area contributed by atoms with Gasteiger partial charge in [-0.1, -0.05) is 6.07 Å². The third-order valence-corrected chi connectivity index (χ3v) is 5.30. The lowest BCUT2D eigenvalue weighted by Gasteiger charge is -2.23. The summed E-state index contributed by atoms with van der Waals surface area (Å²) in [7, 11) is 0. The molecule has 1 amide bonds. The van der Waals surface area contributed by atoms with E-state index < -0.39 is 0 Å². The number of aromatic amines is 1. The highest BCUT2D eigenvalue weighted by atomic mass is 32.1. The molecule has 4 heterocycles. The van der Waals surface area contributed by atoms with Gasteiger partial charge in [0.2, 0.25) is 0 Å². The summed E-state index contributed by atoms with van der Waals surface area (Å²) in [6.07, 6.45) is 3.47. The molecule has 0 aliphatic carbocycles. The van der Waals surface area contributed by atoms with E-state index in [0.29, 0.717) is 17.8 Å². The maximum atomic E-state index is 12.6. The van der Waals surface area contributed by atoms with Crippen molar-refractivity contribution in [2.75, 3.05) is 13.1 Å². The Morgan fingerprint density at radius 2 is 2.24 bits per heavy atom. The molecule has 2 bridgehead atoms. The van der Waals surface area contributed by atoms with Crippen molar-refractivity contribution in [1.29, 1.82) is 0 Å². The van der Waals surface area contributed by atoms with E-state index in [1.54, 1.807) is 11.3 Å². The topological polar surface area (TPSA) is 61.0 Å².